The highest BCUT2D eigenvalue weighted by Gasteiger charge is 2.38. The minimum absolute atomic E-state index is 0.172. The Bertz CT molecular complexity index is 972. The maximum absolute atomic E-state index is 12.5. The van der Waals surface area contributed by atoms with Gasteiger partial charge >= 0.3 is 18.0 Å². The highest BCUT2D eigenvalue weighted by molar-refractivity contribution is 6.31. The van der Waals surface area contributed by atoms with Gasteiger partial charge in [-0.05, 0) is 36.8 Å². The molecule has 0 fully saturated rings. The second-order valence-corrected chi connectivity index (χ2v) is 5.81. The maximum Gasteiger partial charge on any atom is 0.471 e. The van der Waals surface area contributed by atoms with Crippen molar-refractivity contribution in [1.29, 1.82) is 0 Å². The minimum atomic E-state index is -4.72. The number of hydrogen-bond acceptors (Lipinski definition) is 6. The number of anilines is 1. The Morgan fingerprint density at radius 1 is 1.19 bits per heavy atom. The van der Waals surface area contributed by atoms with Gasteiger partial charge in [-0.25, -0.2) is 10.3 Å². The van der Waals surface area contributed by atoms with Crippen LogP contribution >= 0.6 is 11.6 Å². The van der Waals surface area contributed by atoms with E-state index in [1.165, 1.54) is 24.3 Å². The first-order chi connectivity index (χ1) is 12.8. The Kier molecular flexibility index (Phi) is 5.04. The topological polar surface area (TPSA) is 77.2 Å². The third-order valence-electron chi connectivity index (χ3n) is 3.57. The van der Waals surface area contributed by atoms with Crippen molar-refractivity contribution < 1.29 is 27.3 Å². The standard InChI is InChI=1S/C17H11ClF3N3O3/c1-9-12(18)3-2-4-13(9)23-26-15(25)11-7-5-10(6-8-11)14-22-16(27-24-14)17(19,20)21/h2-8,23H,1H3. The van der Waals surface area contributed by atoms with E-state index >= 15 is 0 Å². The molecular weight excluding hydrogens is 387 g/mol. The number of nitrogens with zero attached hydrogens (tertiary/aromatic N) is 2. The Hall–Kier alpha value is -3.07. The van der Waals surface area contributed by atoms with E-state index < -0.39 is 18.0 Å². The van der Waals surface area contributed by atoms with Crippen LogP contribution in [0, 0.1) is 6.92 Å². The summed E-state index contributed by atoms with van der Waals surface area (Å²) in [5.41, 5.74) is 4.18. The highest BCUT2D eigenvalue weighted by atomic mass is 35.5. The Labute approximate surface area is 155 Å². The number of carbonyl (C=O) groups is 1. The smallest absolute Gasteiger partial charge is 0.338 e. The van der Waals surface area contributed by atoms with Gasteiger partial charge in [-0.15, -0.1) is 0 Å². The Morgan fingerprint density at radius 2 is 1.89 bits per heavy atom. The molecule has 0 unspecified atom stereocenters. The van der Waals surface area contributed by atoms with Crippen LogP contribution in [-0.4, -0.2) is 16.1 Å². The quantitative estimate of drug-likeness (QED) is 0.631. The first-order valence-corrected chi connectivity index (χ1v) is 7.87. The van der Waals surface area contributed by atoms with Crippen molar-refractivity contribution in [1.82, 2.24) is 10.1 Å². The fourth-order valence-corrected chi connectivity index (χ4v) is 2.26. The zero-order valence-corrected chi connectivity index (χ0v) is 14.4. The molecule has 0 aliphatic heterocycles. The molecule has 0 aliphatic rings. The van der Waals surface area contributed by atoms with Crippen LogP contribution in [0.5, 0.6) is 0 Å². The van der Waals surface area contributed by atoms with Crippen LogP contribution in [-0.2, 0) is 11.0 Å². The maximum atomic E-state index is 12.5. The average molecular weight is 398 g/mol. The van der Waals surface area contributed by atoms with E-state index in [1.807, 2.05) is 0 Å². The molecule has 0 aliphatic carbocycles. The van der Waals surface area contributed by atoms with Gasteiger partial charge in [0.15, 0.2) is 0 Å². The van der Waals surface area contributed by atoms with Gasteiger partial charge in [0.05, 0.1) is 11.3 Å². The van der Waals surface area contributed by atoms with Crippen LogP contribution in [0.25, 0.3) is 11.4 Å². The van der Waals surface area contributed by atoms with Crippen molar-refractivity contribution in [3.8, 4) is 11.4 Å². The van der Waals surface area contributed by atoms with E-state index in [9.17, 15) is 18.0 Å². The number of hydrogen-bond donors (Lipinski definition) is 1. The van der Waals surface area contributed by atoms with Gasteiger partial charge in [-0.1, -0.05) is 35.0 Å². The molecule has 27 heavy (non-hydrogen) atoms. The Balaban J connectivity index is 1.68. The Morgan fingerprint density at radius 3 is 2.52 bits per heavy atom. The summed E-state index contributed by atoms with van der Waals surface area (Å²) >= 11 is 5.98. The predicted molar refractivity (Wildman–Crippen MR) is 90.0 cm³/mol. The van der Waals surface area contributed by atoms with Crippen molar-refractivity contribution >= 4 is 23.3 Å². The van der Waals surface area contributed by atoms with E-state index in [4.69, 9.17) is 16.4 Å². The largest absolute Gasteiger partial charge is 0.471 e. The van der Waals surface area contributed by atoms with Gasteiger partial charge in [-0.2, -0.15) is 18.2 Å². The van der Waals surface area contributed by atoms with Crippen molar-refractivity contribution in [3.05, 3.63) is 64.5 Å². The molecule has 0 atom stereocenters. The summed E-state index contributed by atoms with van der Waals surface area (Å²) in [5, 5.41) is 3.79. The van der Waals surface area contributed by atoms with Gasteiger partial charge in [0.1, 0.15) is 0 Å². The third kappa shape index (κ3) is 4.20. The van der Waals surface area contributed by atoms with Crippen molar-refractivity contribution in [2.24, 2.45) is 0 Å². The summed E-state index contributed by atoms with van der Waals surface area (Å²) < 4.78 is 41.6. The molecule has 10 heteroatoms. The molecule has 0 spiro atoms. The first-order valence-electron chi connectivity index (χ1n) is 7.49. The second-order valence-electron chi connectivity index (χ2n) is 5.40. The van der Waals surface area contributed by atoms with Crippen molar-refractivity contribution in [2.75, 3.05) is 5.48 Å². The van der Waals surface area contributed by atoms with Crippen LogP contribution in [0.2, 0.25) is 5.02 Å². The predicted octanol–water partition coefficient (Wildman–Crippen LogP) is 4.90. The number of rotatable bonds is 4. The molecule has 3 rings (SSSR count). The molecule has 6 nitrogen and oxygen atoms in total. The molecule has 0 bridgehead atoms. The van der Waals surface area contributed by atoms with Crippen LogP contribution in [0.1, 0.15) is 21.8 Å². The molecule has 0 saturated carbocycles. The van der Waals surface area contributed by atoms with Crippen LogP contribution in [0.4, 0.5) is 18.9 Å². The zero-order valence-electron chi connectivity index (χ0n) is 13.7. The lowest BCUT2D eigenvalue weighted by atomic mass is 10.1. The van der Waals surface area contributed by atoms with Crippen LogP contribution in [0.15, 0.2) is 47.0 Å². The summed E-state index contributed by atoms with van der Waals surface area (Å²) in [7, 11) is 0. The minimum Gasteiger partial charge on any atom is -0.338 e. The second kappa shape index (κ2) is 7.28. The fourth-order valence-electron chi connectivity index (χ4n) is 2.09. The summed E-state index contributed by atoms with van der Waals surface area (Å²) in [6.07, 6.45) is -4.72. The van der Waals surface area contributed by atoms with Gasteiger partial charge in [0.2, 0.25) is 5.82 Å². The van der Waals surface area contributed by atoms with E-state index in [-0.39, 0.29) is 17.0 Å². The lowest BCUT2D eigenvalue weighted by Gasteiger charge is -2.10. The van der Waals surface area contributed by atoms with E-state index in [1.54, 1.807) is 25.1 Å². The zero-order chi connectivity index (χ0) is 19.6. The van der Waals surface area contributed by atoms with Crippen molar-refractivity contribution in [2.45, 2.75) is 13.1 Å². The molecule has 1 heterocycles. The molecule has 1 N–H and O–H groups in total. The van der Waals surface area contributed by atoms with Gasteiger partial charge in [0, 0.05) is 10.6 Å². The summed E-state index contributed by atoms with van der Waals surface area (Å²) in [5.74, 6) is -2.37. The van der Waals surface area contributed by atoms with Crippen LogP contribution in [0.3, 0.4) is 0 Å². The lowest BCUT2D eigenvalue weighted by molar-refractivity contribution is -0.159. The molecular formula is C17H11ClF3N3O3. The SMILES string of the molecule is Cc1c(Cl)cccc1NOC(=O)c1ccc(-c2noc(C(F)(F)F)n2)cc1. The molecule has 1 aromatic heterocycles. The first kappa shape index (κ1) is 18.7. The number of alkyl halides is 3. The van der Waals surface area contributed by atoms with E-state index in [2.05, 4.69) is 20.1 Å². The lowest BCUT2D eigenvalue weighted by Crippen LogP contribution is -2.11. The van der Waals surface area contributed by atoms with E-state index in [0.29, 0.717) is 16.3 Å². The average Bonchev–Trinajstić information content (AvgIpc) is 3.13. The summed E-state index contributed by atoms with van der Waals surface area (Å²) in [6, 6.07) is 10.6. The normalized spacial score (nSPS) is 11.3. The van der Waals surface area contributed by atoms with Gasteiger partial charge < -0.3 is 9.36 Å². The molecule has 0 saturated heterocycles. The summed E-state index contributed by atoms with van der Waals surface area (Å²) in [6.45, 7) is 1.76. The van der Waals surface area contributed by atoms with Crippen LogP contribution < -0.4 is 5.48 Å². The van der Waals surface area contributed by atoms with Gasteiger partial charge in [0.25, 0.3) is 0 Å². The number of nitrogens with one attached hydrogen (secondary N) is 1. The molecule has 140 valence electrons. The molecule has 0 radical (unpaired) electrons. The number of carbonyl (C=O) groups excluding carboxylic acids is 1. The summed E-state index contributed by atoms with van der Waals surface area (Å²) in [4.78, 5) is 20.4. The molecule has 0 amide bonds. The van der Waals surface area contributed by atoms with E-state index in [0.717, 1.165) is 0 Å². The third-order valence-corrected chi connectivity index (χ3v) is 3.98. The molecule has 2 aromatic carbocycles. The van der Waals surface area contributed by atoms with Gasteiger partial charge in [-0.3, -0.25) is 0 Å². The molecule has 3 aromatic rings. The number of halogens is 4. The highest BCUT2D eigenvalue weighted by Crippen LogP contribution is 2.29. The fraction of sp³-hybridized carbons (Fsp3) is 0.118. The monoisotopic (exact) mass is 397 g/mol. The number of benzene rings is 2. The van der Waals surface area contributed by atoms with Crippen molar-refractivity contribution in [3.63, 3.8) is 0 Å². The number of aromatic nitrogens is 2.